The van der Waals surface area contributed by atoms with Crippen LogP contribution < -0.4 is 4.74 Å². The van der Waals surface area contributed by atoms with Gasteiger partial charge in [-0.3, -0.25) is 0 Å². The molecule has 0 heterocycles. The fourth-order valence-electron chi connectivity index (χ4n) is 1.35. The van der Waals surface area contributed by atoms with Gasteiger partial charge in [0.2, 0.25) is 0 Å². The fourth-order valence-corrected chi connectivity index (χ4v) is 1.35. The van der Waals surface area contributed by atoms with Gasteiger partial charge in [-0.1, -0.05) is 24.3 Å². The zero-order valence-corrected chi connectivity index (χ0v) is 8.18. The van der Waals surface area contributed by atoms with Crippen molar-refractivity contribution >= 4 is 0 Å². The minimum atomic E-state index is -0.186. The second kappa shape index (κ2) is 4.47. The second-order valence-corrected chi connectivity index (χ2v) is 3.24. The van der Waals surface area contributed by atoms with Gasteiger partial charge in [-0.2, -0.15) is 5.26 Å². The molecule has 1 unspecified atom stereocenters. The van der Waals surface area contributed by atoms with E-state index in [1.807, 2.05) is 42.5 Å². The van der Waals surface area contributed by atoms with Crippen molar-refractivity contribution in [1.29, 1.82) is 5.26 Å². The maximum absolute atomic E-state index is 8.76. The summed E-state index contributed by atoms with van der Waals surface area (Å²) in [6.45, 7) is 0. The minimum Gasteiger partial charge on any atom is -0.457 e. The summed E-state index contributed by atoms with van der Waals surface area (Å²) in [6.07, 6.45) is 7.50. The number of ether oxygens (including phenoxy) is 1. The van der Waals surface area contributed by atoms with Crippen LogP contribution in [0.5, 0.6) is 5.75 Å². The quantitative estimate of drug-likeness (QED) is 0.728. The molecule has 0 spiro atoms. The van der Waals surface area contributed by atoms with Crippen molar-refractivity contribution in [3.63, 3.8) is 0 Å². The Morgan fingerprint density at radius 1 is 1.33 bits per heavy atom. The lowest BCUT2D eigenvalue weighted by atomic mass is 10.0. The molecule has 2 heteroatoms. The summed E-state index contributed by atoms with van der Waals surface area (Å²) in [5.74, 6) is 1.20. The van der Waals surface area contributed by atoms with Crippen molar-refractivity contribution in [1.82, 2.24) is 0 Å². The van der Waals surface area contributed by atoms with Crippen LogP contribution in [0, 0.1) is 23.3 Å². The van der Waals surface area contributed by atoms with Crippen molar-refractivity contribution in [2.75, 3.05) is 0 Å². The molecule has 0 aromatic heterocycles. The number of rotatable bonds is 2. The van der Waals surface area contributed by atoms with Gasteiger partial charge in [0.15, 0.2) is 0 Å². The van der Waals surface area contributed by atoms with Crippen molar-refractivity contribution in [2.24, 2.45) is 5.92 Å². The van der Waals surface area contributed by atoms with Crippen LogP contribution in [0.4, 0.5) is 0 Å². The van der Waals surface area contributed by atoms with Gasteiger partial charge >= 0.3 is 0 Å². The Kier molecular flexibility index (Phi) is 2.85. The molecule has 0 N–H and O–H groups in total. The first kappa shape index (κ1) is 9.54. The number of para-hydroxylation sites is 1. The molecule has 0 fully saturated rings. The molecule has 0 saturated heterocycles. The van der Waals surface area contributed by atoms with E-state index >= 15 is 0 Å². The van der Waals surface area contributed by atoms with Crippen LogP contribution in [0.1, 0.15) is 6.42 Å². The van der Waals surface area contributed by atoms with E-state index in [-0.39, 0.29) is 5.92 Å². The summed E-state index contributed by atoms with van der Waals surface area (Å²) < 4.78 is 5.56. The summed E-state index contributed by atoms with van der Waals surface area (Å²) in [4.78, 5) is 0. The van der Waals surface area contributed by atoms with Gasteiger partial charge in [-0.25, -0.2) is 0 Å². The molecule has 2 rings (SSSR count). The fraction of sp³-hybridized carbons (Fsp3) is 0.154. The zero-order chi connectivity index (χ0) is 10.5. The lowest BCUT2D eigenvalue weighted by Gasteiger charge is -2.11. The number of nitrogens with zero attached hydrogens (tertiary/aromatic N) is 1. The number of hydrogen-bond donors (Lipinski definition) is 0. The highest BCUT2D eigenvalue weighted by Gasteiger charge is 2.09. The predicted octanol–water partition coefficient (Wildman–Crippen LogP) is 2.85. The van der Waals surface area contributed by atoms with Gasteiger partial charge < -0.3 is 4.74 Å². The molecule has 1 aliphatic rings. The molecular weight excluding hydrogens is 186 g/mol. The third-order valence-electron chi connectivity index (χ3n) is 2.08. The first-order valence-corrected chi connectivity index (χ1v) is 4.81. The van der Waals surface area contributed by atoms with E-state index in [0.29, 0.717) is 5.76 Å². The van der Waals surface area contributed by atoms with Crippen LogP contribution in [0.25, 0.3) is 0 Å². The van der Waals surface area contributed by atoms with Crippen molar-refractivity contribution < 1.29 is 4.74 Å². The van der Waals surface area contributed by atoms with Crippen LogP contribution >= 0.6 is 0 Å². The summed E-state index contributed by atoms with van der Waals surface area (Å²) in [6, 6.07) is 11.6. The van der Waals surface area contributed by atoms with Crippen LogP contribution in [0.3, 0.4) is 0 Å². The average molecular weight is 196 g/mol. The molecule has 1 aliphatic carbocycles. The molecule has 0 aliphatic heterocycles. The van der Waals surface area contributed by atoms with Gasteiger partial charge in [0.05, 0.1) is 12.0 Å². The van der Waals surface area contributed by atoms with Crippen molar-refractivity contribution in [2.45, 2.75) is 6.42 Å². The summed E-state index contributed by atoms with van der Waals surface area (Å²) in [5, 5.41) is 8.76. The molecular formula is C13H10NO. The summed E-state index contributed by atoms with van der Waals surface area (Å²) in [5.41, 5.74) is 0. The van der Waals surface area contributed by atoms with Crippen LogP contribution in [0.2, 0.25) is 0 Å². The van der Waals surface area contributed by atoms with E-state index in [9.17, 15) is 0 Å². The van der Waals surface area contributed by atoms with E-state index in [0.717, 1.165) is 12.2 Å². The van der Waals surface area contributed by atoms with E-state index in [2.05, 4.69) is 12.1 Å². The van der Waals surface area contributed by atoms with E-state index < -0.39 is 0 Å². The molecule has 1 radical (unpaired) electrons. The van der Waals surface area contributed by atoms with Crippen molar-refractivity contribution in [3.8, 4) is 11.8 Å². The lowest BCUT2D eigenvalue weighted by molar-refractivity contribution is 0.431. The van der Waals surface area contributed by atoms with Gasteiger partial charge in [-0.15, -0.1) is 0 Å². The first-order valence-electron chi connectivity index (χ1n) is 4.81. The smallest absolute Gasteiger partial charge is 0.132 e. The zero-order valence-electron chi connectivity index (χ0n) is 8.18. The van der Waals surface area contributed by atoms with Gasteiger partial charge in [0.25, 0.3) is 0 Å². The van der Waals surface area contributed by atoms with Crippen molar-refractivity contribution in [3.05, 3.63) is 54.3 Å². The molecule has 2 nitrogen and oxygen atoms in total. The Hall–Kier alpha value is -2.01. The van der Waals surface area contributed by atoms with Gasteiger partial charge in [0, 0.05) is 6.08 Å². The molecule has 73 valence electrons. The Morgan fingerprint density at radius 2 is 2.13 bits per heavy atom. The third kappa shape index (κ3) is 2.47. The Morgan fingerprint density at radius 3 is 2.87 bits per heavy atom. The van der Waals surface area contributed by atoms with E-state index in [1.54, 1.807) is 0 Å². The minimum absolute atomic E-state index is 0.186. The Bertz CT molecular complexity index is 426. The molecule has 1 atom stereocenters. The van der Waals surface area contributed by atoms with E-state index in [4.69, 9.17) is 10.00 Å². The summed E-state index contributed by atoms with van der Waals surface area (Å²) in [7, 11) is 0. The maximum atomic E-state index is 8.76. The number of nitriles is 1. The SMILES string of the molecule is N#CC1[C]=C(Oc2ccccc2)C=CC1. The normalized spacial score (nSPS) is 19.1. The molecule has 15 heavy (non-hydrogen) atoms. The highest BCUT2D eigenvalue weighted by Crippen LogP contribution is 2.19. The molecule has 1 aromatic carbocycles. The monoisotopic (exact) mass is 196 g/mol. The lowest BCUT2D eigenvalue weighted by Crippen LogP contribution is -2.02. The molecule has 1 aromatic rings. The second-order valence-electron chi connectivity index (χ2n) is 3.24. The van der Waals surface area contributed by atoms with Gasteiger partial charge in [0.1, 0.15) is 11.5 Å². The van der Waals surface area contributed by atoms with Crippen LogP contribution in [0.15, 0.2) is 48.2 Å². The highest BCUT2D eigenvalue weighted by atomic mass is 16.5. The molecule has 0 amide bonds. The van der Waals surface area contributed by atoms with Crippen LogP contribution in [-0.2, 0) is 0 Å². The highest BCUT2D eigenvalue weighted by molar-refractivity contribution is 5.27. The van der Waals surface area contributed by atoms with Crippen LogP contribution in [-0.4, -0.2) is 0 Å². The standard InChI is InChI=1S/C13H10NO/c14-10-11-5-4-8-13(9-11)15-12-6-2-1-3-7-12/h1-4,6-8,11H,5H2. The maximum Gasteiger partial charge on any atom is 0.132 e. The number of allylic oxidation sites excluding steroid dienone is 3. The van der Waals surface area contributed by atoms with E-state index in [1.165, 1.54) is 0 Å². The molecule has 0 bridgehead atoms. The topological polar surface area (TPSA) is 33.0 Å². The largest absolute Gasteiger partial charge is 0.457 e. The summed E-state index contributed by atoms with van der Waals surface area (Å²) >= 11 is 0. The predicted molar refractivity (Wildman–Crippen MR) is 56.7 cm³/mol. The Labute approximate surface area is 89.1 Å². The molecule has 0 saturated carbocycles. The number of hydrogen-bond acceptors (Lipinski definition) is 2. The van der Waals surface area contributed by atoms with Gasteiger partial charge in [-0.05, 0) is 24.6 Å². The number of benzene rings is 1. The average Bonchev–Trinajstić information content (AvgIpc) is 2.31. The first-order chi connectivity index (χ1) is 7.38. The Balaban J connectivity index is 2.10. The third-order valence-corrected chi connectivity index (χ3v) is 2.08.